The molecule has 5 rings (SSSR count). The fourth-order valence-electron chi connectivity index (χ4n) is 3.24. The Balaban J connectivity index is 1.50. The van der Waals surface area contributed by atoms with Crippen LogP contribution in [0.25, 0.3) is 16.9 Å². The molecule has 1 fully saturated rings. The molecule has 3 aromatic rings. The van der Waals surface area contributed by atoms with Crippen molar-refractivity contribution in [2.45, 2.75) is 25.5 Å². The molecule has 7 nitrogen and oxygen atoms in total. The van der Waals surface area contributed by atoms with E-state index in [4.69, 9.17) is 9.47 Å². The molecule has 0 radical (unpaired) electrons. The van der Waals surface area contributed by atoms with Crippen LogP contribution in [0.15, 0.2) is 46.8 Å². The number of azo groups is 1. The molecule has 2 aliphatic heterocycles. The highest BCUT2D eigenvalue weighted by atomic mass is 16.5. The van der Waals surface area contributed by atoms with E-state index in [2.05, 4.69) is 26.4 Å². The lowest BCUT2D eigenvalue weighted by Crippen LogP contribution is -2.26. The molecule has 0 atom stereocenters. The van der Waals surface area contributed by atoms with E-state index < -0.39 is 0 Å². The molecule has 0 saturated carbocycles. The first-order chi connectivity index (χ1) is 12.4. The van der Waals surface area contributed by atoms with E-state index >= 15 is 0 Å². The highest BCUT2D eigenvalue weighted by Gasteiger charge is 2.17. The van der Waals surface area contributed by atoms with Gasteiger partial charge in [0, 0.05) is 30.0 Å². The summed E-state index contributed by atoms with van der Waals surface area (Å²) >= 11 is 0. The lowest BCUT2D eigenvalue weighted by Gasteiger charge is -2.22. The van der Waals surface area contributed by atoms with Crippen molar-refractivity contribution < 1.29 is 9.47 Å². The first kappa shape index (κ1) is 14.5. The van der Waals surface area contributed by atoms with Crippen LogP contribution in [-0.2, 0) is 11.3 Å². The van der Waals surface area contributed by atoms with E-state index in [1.54, 1.807) is 0 Å². The maximum absolute atomic E-state index is 6.03. The van der Waals surface area contributed by atoms with Crippen LogP contribution < -0.4 is 4.74 Å². The van der Waals surface area contributed by atoms with Gasteiger partial charge in [-0.25, -0.2) is 9.50 Å². The Bertz CT molecular complexity index is 959. The second-order valence-corrected chi connectivity index (χ2v) is 6.26. The third-order valence-electron chi connectivity index (χ3n) is 4.59. The predicted octanol–water partition coefficient (Wildman–Crippen LogP) is 3.55. The van der Waals surface area contributed by atoms with Gasteiger partial charge in [0.1, 0.15) is 6.10 Å². The van der Waals surface area contributed by atoms with Gasteiger partial charge in [0.15, 0.2) is 5.65 Å². The normalized spacial score (nSPS) is 17.1. The van der Waals surface area contributed by atoms with Gasteiger partial charge >= 0.3 is 0 Å². The van der Waals surface area contributed by atoms with Crippen LogP contribution in [0.2, 0.25) is 0 Å². The van der Waals surface area contributed by atoms with Crippen molar-refractivity contribution in [2.75, 3.05) is 13.2 Å². The molecule has 2 aromatic heterocycles. The van der Waals surface area contributed by atoms with Crippen LogP contribution in [0.5, 0.6) is 5.88 Å². The number of fused-ring (bicyclic) bond motifs is 2. The van der Waals surface area contributed by atoms with Crippen molar-refractivity contribution in [2.24, 2.45) is 10.2 Å². The SMILES string of the molecule is c1cc2c(cc1-c1cnc3ccc(OC4CCOCC4)nn13)CN=N2. The third-order valence-corrected chi connectivity index (χ3v) is 4.59. The maximum Gasteiger partial charge on any atom is 0.232 e. The number of ether oxygens (including phenoxy) is 2. The summed E-state index contributed by atoms with van der Waals surface area (Å²) in [6.45, 7) is 2.12. The van der Waals surface area contributed by atoms with Gasteiger partial charge in [-0.05, 0) is 18.2 Å². The Morgan fingerprint density at radius 2 is 2.04 bits per heavy atom. The van der Waals surface area contributed by atoms with E-state index in [1.165, 1.54) is 0 Å². The Kier molecular flexibility index (Phi) is 3.45. The van der Waals surface area contributed by atoms with E-state index in [9.17, 15) is 0 Å². The van der Waals surface area contributed by atoms with Crippen LogP contribution in [0, 0.1) is 0 Å². The summed E-state index contributed by atoms with van der Waals surface area (Å²) in [7, 11) is 0. The van der Waals surface area contributed by atoms with Crippen molar-refractivity contribution >= 4 is 11.3 Å². The molecule has 0 spiro atoms. The van der Waals surface area contributed by atoms with Crippen molar-refractivity contribution in [3.8, 4) is 17.1 Å². The number of hydrogen-bond acceptors (Lipinski definition) is 6. The van der Waals surface area contributed by atoms with Crippen molar-refractivity contribution in [1.82, 2.24) is 14.6 Å². The van der Waals surface area contributed by atoms with Crippen molar-refractivity contribution in [1.29, 1.82) is 0 Å². The van der Waals surface area contributed by atoms with Gasteiger partial charge in [-0.3, -0.25) is 0 Å². The molecular weight excluding hydrogens is 318 g/mol. The van der Waals surface area contributed by atoms with Gasteiger partial charge in [-0.15, -0.1) is 5.10 Å². The van der Waals surface area contributed by atoms with Crippen LogP contribution in [0.4, 0.5) is 5.69 Å². The molecule has 0 unspecified atom stereocenters. The highest BCUT2D eigenvalue weighted by Crippen LogP contribution is 2.31. The zero-order valence-electron chi connectivity index (χ0n) is 13.6. The average Bonchev–Trinajstić information content (AvgIpc) is 3.28. The zero-order chi connectivity index (χ0) is 16.6. The molecule has 2 aliphatic rings. The van der Waals surface area contributed by atoms with Crippen molar-refractivity contribution in [3.05, 3.63) is 42.1 Å². The minimum absolute atomic E-state index is 0.161. The molecule has 1 aromatic carbocycles. The van der Waals surface area contributed by atoms with E-state index in [-0.39, 0.29) is 6.10 Å². The first-order valence-corrected chi connectivity index (χ1v) is 8.47. The first-order valence-electron chi connectivity index (χ1n) is 8.47. The number of imidazole rings is 1. The lowest BCUT2D eigenvalue weighted by molar-refractivity contribution is 0.0232. The lowest BCUT2D eigenvalue weighted by atomic mass is 10.1. The quantitative estimate of drug-likeness (QED) is 0.733. The molecule has 0 bridgehead atoms. The second kappa shape index (κ2) is 5.93. The number of rotatable bonds is 3. The summed E-state index contributed by atoms with van der Waals surface area (Å²) in [5.41, 5.74) is 4.84. The van der Waals surface area contributed by atoms with E-state index in [0.29, 0.717) is 12.4 Å². The van der Waals surface area contributed by atoms with Gasteiger partial charge in [0.25, 0.3) is 0 Å². The van der Waals surface area contributed by atoms with Gasteiger partial charge in [-0.2, -0.15) is 10.2 Å². The Morgan fingerprint density at radius 1 is 1.12 bits per heavy atom. The Labute approximate surface area is 144 Å². The second-order valence-electron chi connectivity index (χ2n) is 6.26. The molecule has 25 heavy (non-hydrogen) atoms. The van der Waals surface area contributed by atoms with Gasteiger partial charge < -0.3 is 9.47 Å². The topological polar surface area (TPSA) is 73.4 Å². The molecular formula is C18H17N5O2. The minimum Gasteiger partial charge on any atom is -0.473 e. The largest absolute Gasteiger partial charge is 0.473 e. The Hall–Kier alpha value is -2.80. The predicted molar refractivity (Wildman–Crippen MR) is 91.1 cm³/mol. The summed E-state index contributed by atoms with van der Waals surface area (Å²) in [6.07, 6.45) is 3.79. The van der Waals surface area contributed by atoms with Crippen molar-refractivity contribution in [3.63, 3.8) is 0 Å². The molecule has 1 saturated heterocycles. The summed E-state index contributed by atoms with van der Waals surface area (Å²) in [5.74, 6) is 0.616. The van der Waals surface area contributed by atoms with Crippen LogP contribution in [-0.4, -0.2) is 33.9 Å². The zero-order valence-corrected chi connectivity index (χ0v) is 13.6. The monoisotopic (exact) mass is 335 g/mol. The molecule has 0 N–H and O–H groups in total. The highest BCUT2D eigenvalue weighted by molar-refractivity contribution is 5.67. The number of hydrogen-bond donors (Lipinski definition) is 0. The third kappa shape index (κ3) is 2.66. The molecule has 7 heteroatoms. The minimum atomic E-state index is 0.161. The van der Waals surface area contributed by atoms with Gasteiger partial charge in [-0.1, -0.05) is 6.07 Å². The molecule has 4 heterocycles. The molecule has 0 aliphatic carbocycles. The number of benzene rings is 1. The molecule has 126 valence electrons. The van der Waals surface area contributed by atoms with E-state index in [1.807, 2.05) is 35.0 Å². The number of aromatic nitrogens is 3. The maximum atomic E-state index is 6.03. The number of nitrogens with zero attached hydrogens (tertiary/aromatic N) is 5. The smallest absolute Gasteiger partial charge is 0.232 e. The summed E-state index contributed by atoms with van der Waals surface area (Å²) in [6, 6.07) is 9.93. The fourth-order valence-corrected chi connectivity index (χ4v) is 3.24. The van der Waals surface area contributed by atoms with E-state index in [0.717, 1.165) is 54.2 Å². The average molecular weight is 335 g/mol. The summed E-state index contributed by atoms with van der Waals surface area (Å²) < 4.78 is 13.2. The van der Waals surface area contributed by atoms with Gasteiger partial charge in [0.2, 0.25) is 5.88 Å². The van der Waals surface area contributed by atoms with Gasteiger partial charge in [0.05, 0.1) is 37.3 Å². The standard InChI is InChI=1S/C18H17N5O2/c1-2-15-13(10-20-21-15)9-12(1)16-11-19-17-3-4-18(22-23(16)17)25-14-5-7-24-8-6-14/h1-4,9,11,14H,5-8,10H2. The van der Waals surface area contributed by atoms with Crippen LogP contribution >= 0.6 is 0 Å². The summed E-state index contributed by atoms with van der Waals surface area (Å²) in [5, 5.41) is 12.8. The van der Waals surface area contributed by atoms with Crippen LogP contribution in [0.1, 0.15) is 18.4 Å². The Morgan fingerprint density at radius 3 is 2.96 bits per heavy atom. The fraction of sp³-hybridized carbons (Fsp3) is 0.333. The van der Waals surface area contributed by atoms with Crippen LogP contribution in [0.3, 0.4) is 0 Å². The molecule has 0 amide bonds. The summed E-state index contributed by atoms with van der Waals surface area (Å²) in [4.78, 5) is 4.45.